The lowest BCUT2D eigenvalue weighted by Gasteiger charge is -2.27. The van der Waals surface area contributed by atoms with Gasteiger partial charge in [0.1, 0.15) is 5.54 Å². The van der Waals surface area contributed by atoms with Gasteiger partial charge in [0.15, 0.2) is 0 Å². The first-order valence-electron chi connectivity index (χ1n) is 5.36. The second-order valence-corrected chi connectivity index (χ2v) is 3.96. The molecule has 0 aromatic carbocycles. The van der Waals surface area contributed by atoms with Gasteiger partial charge in [-0.2, -0.15) is 0 Å². The van der Waals surface area contributed by atoms with Crippen LogP contribution >= 0.6 is 0 Å². The number of rotatable bonds is 5. The van der Waals surface area contributed by atoms with Crippen LogP contribution in [0, 0.1) is 0 Å². The molecule has 1 rings (SSSR count). The van der Waals surface area contributed by atoms with Crippen LogP contribution in [-0.2, 0) is 9.53 Å². The number of carbonyl (C=O) groups is 1. The van der Waals surface area contributed by atoms with Crippen molar-refractivity contribution in [3.05, 3.63) is 12.7 Å². The van der Waals surface area contributed by atoms with Gasteiger partial charge in [-0.1, -0.05) is 6.08 Å². The average Bonchev–Trinajstić information content (AvgIpc) is 2.59. The third-order valence-corrected chi connectivity index (χ3v) is 2.71. The minimum atomic E-state index is -0.529. The fourth-order valence-corrected chi connectivity index (χ4v) is 1.92. The molecule has 4 nitrogen and oxygen atoms in total. The van der Waals surface area contributed by atoms with Gasteiger partial charge in [0.2, 0.25) is 0 Å². The van der Waals surface area contributed by atoms with E-state index in [1.165, 1.54) is 0 Å². The Morgan fingerprint density at radius 3 is 2.93 bits per heavy atom. The van der Waals surface area contributed by atoms with Gasteiger partial charge in [0.05, 0.1) is 6.61 Å². The van der Waals surface area contributed by atoms with Crippen LogP contribution in [0.4, 0.5) is 0 Å². The Labute approximate surface area is 91.3 Å². The smallest absolute Gasteiger partial charge is 0.327 e. The predicted octanol–water partition coefficient (Wildman–Crippen LogP) is 0.399. The van der Waals surface area contributed by atoms with E-state index in [9.17, 15) is 4.79 Å². The highest BCUT2D eigenvalue weighted by Crippen LogP contribution is 2.21. The molecule has 0 saturated carbocycles. The van der Waals surface area contributed by atoms with Crippen molar-refractivity contribution in [2.75, 3.05) is 33.3 Å². The largest absolute Gasteiger partial charge is 0.465 e. The van der Waals surface area contributed by atoms with Crippen molar-refractivity contribution < 1.29 is 9.53 Å². The van der Waals surface area contributed by atoms with E-state index in [-0.39, 0.29) is 5.97 Å². The summed E-state index contributed by atoms with van der Waals surface area (Å²) in [5, 5.41) is 3.23. The Morgan fingerprint density at radius 1 is 1.73 bits per heavy atom. The zero-order valence-corrected chi connectivity index (χ0v) is 9.58. The summed E-state index contributed by atoms with van der Waals surface area (Å²) in [6.45, 7) is 8.17. The lowest BCUT2D eigenvalue weighted by atomic mass is 9.99. The first-order valence-corrected chi connectivity index (χ1v) is 5.36. The summed E-state index contributed by atoms with van der Waals surface area (Å²) < 4.78 is 5.11. The molecular formula is C11H20N2O2. The van der Waals surface area contributed by atoms with Gasteiger partial charge in [-0.15, -0.1) is 6.58 Å². The van der Waals surface area contributed by atoms with E-state index < -0.39 is 5.54 Å². The summed E-state index contributed by atoms with van der Waals surface area (Å²) in [6.07, 6.45) is 2.56. The maximum atomic E-state index is 11.9. The standard InChI is InChI=1S/C11H20N2O2/c1-4-7-12-11(10(14)15-5-2)6-8-13(3)9-11/h4,12H,1,5-9H2,2-3H3. The van der Waals surface area contributed by atoms with Crippen molar-refractivity contribution in [1.82, 2.24) is 10.2 Å². The highest BCUT2D eigenvalue weighted by molar-refractivity contribution is 5.81. The molecule has 0 aromatic rings. The minimum Gasteiger partial charge on any atom is -0.465 e. The molecule has 1 fully saturated rings. The van der Waals surface area contributed by atoms with E-state index in [1.807, 2.05) is 14.0 Å². The Bertz CT molecular complexity index is 243. The van der Waals surface area contributed by atoms with Crippen molar-refractivity contribution in [3.8, 4) is 0 Å². The van der Waals surface area contributed by atoms with Crippen molar-refractivity contribution in [3.63, 3.8) is 0 Å². The number of ether oxygens (including phenoxy) is 1. The molecule has 0 aromatic heterocycles. The molecule has 0 aliphatic carbocycles. The number of hydrogen-bond acceptors (Lipinski definition) is 4. The van der Waals surface area contributed by atoms with Crippen LogP contribution in [0.3, 0.4) is 0 Å². The Hall–Kier alpha value is -0.870. The Morgan fingerprint density at radius 2 is 2.47 bits per heavy atom. The van der Waals surface area contributed by atoms with E-state index in [4.69, 9.17) is 4.74 Å². The number of likely N-dealkylation sites (tertiary alicyclic amines) is 1. The van der Waals surface area contributed by atoms with Gasteiger partial charge in [-0.05, 0) is 20.4 Å². The van der Waals surface area contributed by atoms with Crippen LogP contribution in [0.2, 0.25) is 0 Å². The molecule has 1 atom stereocenters. The molecule has 1 aliphatic rings. The van der Waals surface area contributed by atoms with E-state index in [0.717, 1.165) is 13.0 Å². The van der Waals surface area contributed by atoms with Crippen molar-refractivity contribution in [1.29, 1.82) is 0 Å². The molecule has 0 amide bonds. The monoisotopic (exact) mass is 212 g/mol. The summed E-state index contributed by atoms with van der Waals surface area (Å²) in [7, 11) is 2.01. The second kappa shape index (κ2) is 5.28. The second-order valence-electron chi connectivity index (χ2n) is 3.96. The molecular weight excluding hydrogens is 192 g/mol. The first kappa shape index (κ1) is 12.2. The van der Waals surface area contributed by atoms with Crippen LogP contribution in [-0.4, -0.2) is 49.7 Å². The SMILES string of the molecule is C=CCNC1(C(=O)OCC)CCN(C)C1. The summed E-state index contributed by atoms with van der Waals surface area (Å²) in [4.78, 5) is 14.0. The van der Waals surface area contributed by atoms with Crippen LogP contribution in [0.15, 0.2) is 12.7 Å². The molecule has 0 bridgehead atoms. The fraction of sp³-hybridized carbons (Fsp3) is 0.727. The van der Waals surface area contributed by atoms with Crippen molar-refractivity contribution >= 4 is 5.97 Å². The van der Waals surface area contributed by atoms with Crippen LogP contribution in [0.5, 0.6) is 0 Å². The van der Waals surface area contributed by atoms with Gasteiger partial charge in [-0.25, -0.2) is 4.79 Å². The third kappa shape index (κ3) is 2.79. The van der Waals surface area contributed by atoms with Gasteiger partial charge in [-0.3, -0.25) is 5.32 Å². The van der Waals surface area contributed by atoms with Gasteiger partial charge in [0.25, 0.3) is 0 Å². The third-order valence-electron chi connectivity index (χ3n) is 2.71. The molecule has 1 N–H and O–H groups in total. The average molecular weight is 212 g/mol. The lowest BCUT2D eigenvalue weighted by molar-refractivity contribution is -0.150. The molecule has 1 unspecified atom stereocenters. The Kier molecular flexibility index (Phi) is 4.29. The lowest BCUT2D eigenvalue weighted by Crippen LogP contribution is -2.54. The predicted molar refractivity (Wildman–Crippen MR) is 59.7 cm³/mol. The van der Waals surface area contributed by atoms with E-state index in [0.29, 0.717) is 19.7 Å². The van der Waals surface area contributed by atoms with Crippen molar-refractivity contribution in [2.45, 2.75) is 18.9 Å². The van der Waals surface area contributed by atoms with Gasteiger partial charge >= 0.3 is 5.97 Å². The maximum Gasteiger partial charge on any atom is 0.327 e. The molecule has 0 radical (unpaired) electrons. The van der Waals surface area contributed by atoms with Gasteiger partial charge < -0.3 is 9.64 Å². The first-order chi connectivity index (χ1) is 7.14. The fourth-order valence-electron chi connectivity index (χ4n) is 1.92. The van der Waals surface area contributed by atoms with E-state index in [2.05, 4.69) is 16.8 Å². The molecule has 0 spiro atoms. The summed E-state index contributed by atoms with van der Waals surface area (Å²) in [6, 6.07) is 0. The molecule has 1 saturated heterocycles. The van der Waals surface area contributed by atoms with Crippen LogP contribution < -0.4 is 5.32 Å². The molecule has 86 valence electrons. The number of esters is 1. The summed E-state index contributed by atoms with van der Waals surface area (Å²) in [5.41, 5.74) is -0.529. The van der Waals surface area contributed by atoms with Crippen LogP contribution in [0.1, 0.15) is 13.3 Å². The minimum absolute atomic E-state index is 0.142. The molecule has 1 heterocycles. The van der Waals surface area contributed by atoms with Crippen molar-refractivity contribution in [2.24, 2.45) is 0 Å². The summed E-state index contributed by atoms with van der Waals surface area (Å²) >= 11 is 0. The zero-order valence-electron chi connectivity index (χ0n) is 9.58. The van der Waals surface area contributed by atoms with E-state index >= 15 is 0 Å². The number of hydrogen-bond donors (Lipinski definition) is 1. The molecule has 4 heteroatoms. The normalized spacial score (nSPS) is 26.5. The highest BCUT2D eigenvalue weighted by atomic mass is 16.5. The topological polar surface area (TPSA) is 41.6 Å². The van der Waals surface area contributed by atoms with Crippen LogP contribution in [0.25, 0.3) is 0 Å². The number of carbonyl (C=O) groups excluding carboxylic acids is 1. The number of likely N-dealkylation sites (N-methyl/N-ethyl adjacent to an activating group) is 1. The highest BCUT2D eigenvalue weighted by Gasteiger charge is 2.44. The number of nitrogens with one attached hydrogen (secondary N) is 1. The number of nitrogens with zero attached hydrogens (tertiary/aromatic N) is 1. The quantitative estimate of drug-likeness (QED) is 0.529. The Balaban J connectivity index is 2.67. The summed E-state index contributed by atoms with van der Waals surface area (Å²) in [5.74, 6) is -0.142. The van der Waals surface area contributed by atoms with Gasteiger partial charge in [0, 0.05) is 19.6 Å². The molecule has 15 heavy (non-hydrogen) atoms. The maximum absolute atomic E-state index is 11.9. The molecule has 1 aliphatic heterocycles. The zero-order chi connectivity index (χ0) is 11.3. The van der Waals surface area contributed by atoms with E-state index in [1.54, 1.807) is 6.08 Å².